The Bertz CT molecular complexity index is 479. The molecule has 0 bridgehead atoms. The maximum Gasteiger partial charge on any atom is 0.188 e. The Hall–Kier alpha value is -0.850. The van der Waals surface area contributed by atoms with E-state index < -0.39 is 0 Å². The van der Waals surface area contributed by atoms with E-state index in [2.05, 4.69) is 24.2 Å². The van der Waals surface area contributed by atoms with E-state index >= 15 is 0 Å². The van der Waals surface area contributed by atoms with E-state index in [1.807, 2.05) is 12.1 Å². The fraction of sp³-hybridized carbons (Fsp3) is 0.588. The highest BCUT2D eigenvalue weighted by Gasteiger charge is 2.20. The molecule has 0 heterocycles. The smallest absolute Gasteiger partial charge is 0.188 e. The van der Waals surface area contributed by atoms with E-state index in [1.54, 1.807) is 0 Å². The summed E-state index contributed by atoms with van der Waals surface area (Å²) in [6, 6.07) is 7.08. The lowest BCUT2D eigenvalue weighted by molar-refractivity contribution is 0.411. The third-order valence-corrected chi connectivity index (χ3v) is 4.23. The first-order chi connectivity index (χ1) is 9.97. The van der Waals surface area contributed by atoms with E-state index in [0.29, 0.717) is 18.5 Å². The standard InChI is InChI=1S/C17H26FN3.HI/c1-17(2,13-8-10-14(18)11-9-13)12-20-16(19)21-15-6-4-3-5-7-15;/h8-11,15H,3-7,12H2,1-2H3,(H3,19,20,21);1H. The number of hydrogen-bond donors (Lipinski definition) is 2. The molecule has 5 heteroatoms. The number of benzene rings is 1. The molecule has 0 atom stereocenters. The average molecular weight is 419 g/mol. The van der Waals surface area contributed by atoms with Gasteiger partial charge in [-0.3, -0.25) is 4.99 Å². The average Bonchev–Trinajstić information content (AvgIpc) is 2.47. The van der Waals surface area contributed by atoms with Gasteiger partial charge in [0.25, 0.3) is 0 Å². The Labute approximate surface area is 150 Å². The van der Waals surface area contributed by atoms with Crippen LogP contribution in [-0.2, 0) is 5.41 Å². The predicted octanol–water partition coefficient (Wildman–Crippen LogP) is 3.96. The molecule has 0 unspecified atom stereocenters. The minimum Gasteiger partial charge on any atom is -0.370 e. The Morgan fingerprint density at radius 1 is 1.23 bits per heavy atom. The van der Waals surface area contributed by atoms with Gasteiger partial charge < -0.3 is 11.1 Å². The highest BCUT2D eigenvalue weighted by molar-refractivity contribution is 14.0. The summed E-state index contributed by atoms with van der Waals surface area (Å²) in [6.07, 6.45) is 6.22. The topological polar surface area (TPSA) is 50.4 Å². The fourth-order valence-electron chi connectivity index (χ4n) is 2.78. The van der Waals surface area contributed by atoms with Crippen LogP contribution in [0.25, 0.3) is 0 Å². The number of nitrogens with two attached hydrogens (primary N) is 1. The molecule has 1 aliphatic carbocycles. The molecule has 1 aliphatic rings. The summed E-state index contributed by atoms with van der Waals surface area (Å²) >= 11 is 0. The fourth-order valence-corrected chi connectivity index (χ4v) is 2.78. The lowest BCUT2D eigenvalue weighted by atomic mass is 9.85. The van der Waals surface area contributed by atoms with Crippen LogP contribution in [0, 0.1) is 5.82 Å². The third kappa shape index (κ3) is 5.74. The Morgan fingerprint density at radius 3 is 2.41 bits per heavy atom. The van der Waals surface area contributed by atoms with Crippen molar-refractivity contribution < 1.29 is 4.39 Å². The molecule has 1 aromatic rings. The van der Waals surface area contributed by atoms with Crippen LogP contribution in [0.3, 0.4) is 0 Å². The molecule has 0 saturated heterocycles. The molecule has 3 nitrogen and oxygen atoms in total. The van der Waals surface area contributed by atoms with E-state index in [9.17, 15) is 4.39 Å². The zero-order chi connectivity index (χ0) is 15.3. The first-order valence-corrected chi connectivity index (χ1v) is 7.80. The molecule has 0 radical (unpaired) electrons. The number of aliphatic imine (C=N–C) groups is 1. The van der Waals surface area contributed by atoms with Gasteiger partial charge in [0.15, 0.2) is 5.96 Å². The van der Waals surface area contributed by atoms with Crippen LogP contribution in [0.2, 0.25) is 0 Å². The van der Waals surface area contributed by atoms with Crippen LogP contribution >= 0.6 is 24.0 Å². The van der Waals surface area contributed by atoms with Crippen molar-refractivity contribution in [2.45, 2.75) is 57.4 Å². The van der Waals surface area contributed by atoms with Crippen molar-refractivity contribution >= 4 is 29.9 Å². The molecule has 1 aromatic carbocycles. The highest BCUT2D eigenvalue weighted by Crippen LogP contribution is 2.23. The number of nitrogens with zero attached hydrogens (tertiary/aromatic N) is 1. The molecule has 0 aliphatic heterocycles. The third-order valence-electron chi connectivity index (χ3n) is 4.23. The predicted molar refractivity (Wildman–Crippen MR) is 101 cm³/mol. The number of nitrogens with one attached hydrogen (secondary N) is 1. The molecular weight excluding hydrogens is 392 g/mol. The lowest BCUT2D eigenvalue weighted by Crippen LogP contribution is -2.41. The summed E-state index contributed by atoms with van der Waals surface area (Å²) in [5.41, 5.74) is 6.90. The number of hydrogen-bond acceptors (Lipinski definition) is 1. The molecule has 22 heavy (non-hydrogen) atoms. The molecule has 1 saturated carbocycles. The molecule has 124 valence electrons. The Morgan fingerprint density at radius 2 is 1.82 bits per heavy atom. The highest BCUT2D eigenvalue weighted by atomic mass is 127. The molecule has 1 fully saturated rings. The van der Waals surface area contributed by atoms with Gasteiger partial charge in [0.2, 0.25) is 0 Å². The number of rotatable bonds is 4. The summed E-state index contributed by atoms with van der Waals surface area (Å²) < 4.78 is 13.0. The van der Waals surface area contributed by atoms with Crippen LogP contribution in [-0.4, -0.2) is 18.5 Å². The first-order valence-electron chi connectivity index (χ1n) is 7.80. The summed E-state index contributed by atoms with van der Waals surface area (Å²) in [5, 5.41) is 3.32. The molecule has 3 N–H and O–H groups in total. The van der Waals surface area contributed by atoms with Gasteiger partial charge in [0.1, 0.15) is 5.82 Å². The van der Waals surface area contributed by atoms with Crippen molar-refractivity contribution in [1.29, 1.82) is 0 Å². The van der Waals surface area contributed by atoms with Gasteiger partial charge in [-0.15, -0.1) is 24.0 Å². The van der Waals surface area contributed by atoms with Crippen LogP contribution in [0.1, 0.15) is 51.5 Å². The van der Waals surface area contributed by atoms with Gasteiger partial charge in [0.05, 0.1) is 6.54 Å². The summed E-state index contributed by atoms with van der Waals surface area (Å²) in [5.74, 6) is 0.314. The largest absolute Gasteiger partial charge is 0.370 e. The van der Waals surface area contributed by atoms with Crippen LogP contribution in [0.15, 0.2) is 29.3 Å². The molecule has 2 rings (SSSR count). The van der Waals surface area contributed by atoms with Gasteiger partial charge in [-0.1, -0.05) is 45.2 Å². The van der Waals surface area contributed by atoms with E-state index in [4.69, 9.17) is 5.73 Å². The van der Waals surface area contributed by atoms with E-state index in [-0.39, 0.29) is 35.2 Å². The maximum atomic E-state index is 13.0. The monoisotopic (exact) mass is 419 g/mol. The summed E-state index contributed by atoms with van der Waals surface area (Å²) in [7, 11) is 0. The number of halogens is 2. The van der Waals surface area contributed by atoms with E-state index in [1.165, 1.54) is 44.2 Å². The SMILES string of the molecule is CC(C)(CN=C(N)NC1CCCCC1)c1ccc(F)cc1.I. The molecule has 0 aromatic heterocycles. The Kier molecular flexibility index (Phi) is 7.59. The molecule has 0 amide bonds. The van der Waals surface area contributed by atoms with Crippen molar-refractivity contribution in [2.24, 2.45) is 10.7 Å². The summed E-state index contributed by atoms with van der Waals surface area (Å²) in [4.78, 5) is 4.48. The quantitative estimate of drug-likeness (QED) is 0.441. The van der Waals surface area contributed by atoms with Crippen molar-refractivity contribution in [2.75, 3.05) is 6.54 Å². The second-order valence-electron chi connectivity index (χ2n) is 6.57. The van der Waals surface area contributed by atoms with Gasteiger partial charge >= 0.3 is 0 Å². The lowest BCUT2D eigenvalue weighted by Gasteiger charge is -2.25. The normalized spacial score (nSPS) is 17.0. The maximum absolute atomic E-state index is 13.0. The second-order valence-corrected chi connectivity index (χ2v) is 6.57. The van der Waals surface area contributed by atoms with Gasteiger partial charge in [-0.05, 0) is 30.5 Å². The van der Waals surface area contributed by atoms with Crippen molar-refractivity contribution in [3.05, 3.63) is 35.6 Å². The zero-order valence-corrected chi connectivity index (χ0v) is 15.8. The van der Waals surface area contributed by atoms with Gasteiger partial charge in [-0.2, -0.15) is 0 Å². The zero-order valence-electron chi connectivity index (χ0n) is 13.4. The van der Waals surface area contributed by atoms with Gasteiger partial charge in [0, 0.05) is 11.5 Å². The van der Waals surface area contributed by atoms with Crippen LogP contribution in [0.4, 0.5) is 4.39 Å². The second kappa shape index (κ2) is 8.70. The molecular formula is C17H27FIN3. The van der Waals surface area contributed by atoms with Crippen molar-refractivity contribution in [3.63, 3.8) is 0 Å². The summed E-state index contributed by atoms with van der Waals surface area (Å²) in [6.45, 7) is 4.78. The minimum absolute atomic E-state index is 0. The van der Waals surface area contributed by atoms with Crippen molar-refractivity contribution in [3.8, 4) is 0 Å². The van der Waals surface area contributed by atoms with Gasteiger partial charge in [-0.25, -0.2) is 4.39 Å². The van der Waals surface area contributed by atoms with E-state index in [0.717, 1.165) is 5.56 Å². The van der Waals surface area contributed by atoms with Crippen molar-refractivity contribution in [1.82, 2.24) is 5.32 Å². The first kappa shape index (κ1) is 19.2. The number of guanidine groups is 1. The molecule has 0 spiro atoms. The minimum atomic E-state index is -0.212. The van der Waals surface area contributed by atoms with Crippen LogP contribution < -0.4 is 11.1 Å². The Balaban J connectivity index is 0.00000242. The van der Waals surface area contributed by atoms with Crippen LogP contribution in [0.5, 0.6) is 0 Å².